The number of carbonyl (C=O) groups excluding carboxylic acids is 1. The van der Waals surface area contributed by atoms with Crippen molar-refractivity contribution < 1.29 is 19.0 Å². The number of methoxy groups -OCH3 is 1. The van der Waals surface area contributed by atoms with Crippen molar-refractivity contribution in [1.82, 2.24) is 5.32 Å². The van der Waals surface area contributed by atoms with Crippen LogP contribution >= 0.6 is 0 Å². The van der Waals surface area contributed by atoms with Crippen molar-refractivity contribution in [1.29, 1.82) is 0 Å². The van der Waals surface area contributed by atoms with Gasteiger partial charge in [-0.15, -0.1) is 0 Å². The largest absolute Gasteiger partial charge is 0.497 e. The molecule has 5 heteroatoms. The van der Waals surface area contributed by atoms with E-state index in [1.807, 2.05) is 69.3 Å². The van der Waals surface area contributed by atoms with Crippen LogP contribution in [0.1, 0.15) is 45.2 Å². The van der Waals surface area contributed by atoms with Crippen LogP contribution in [0.3, 0.4) is 0 Å². The van der Waals surface area contributed by atoms with Crippen LogP contribution in [-0.4, -0.2) is 24.7 Å². The molecule has 2 atom stereocenters. The lowest BCUT2D eigenvalue weighted by molar-refractivity contribution is -0.129. The van der Waals surface area contributed by atoms with E-state index in [0.717, 1.165) is 17.1 Å². The summed E-state index contributed by atoms with van der Waals surface area (Å²) in [4.78, 5) is 12.9. The van der Waals surface area contributed by atoms with Crippen molar-refractivity contribution in [2.24, 2.45) is 0 Å². The summed E-state index contributed by atoms with van der Waals surface area (Å²) >= 11 is 0. The van der Waals surface area contributed by atoms with Gasteiger partial charge in [-0.1, -0.05) is 25.1 Å². The summed E-state index contributed by atoms with van der Waals surface area (Å²) in [7, 11) is 1.63. The van der Waals surface area contributed by atoms with Crippen LogP contribution in [-0.2, 0) is 4.79 Å². The SMILES string of the molecule is CC[C@H](Oc1ccccc1)C(=O)N[C@@H]1CC(C)(C)Oc2cc(OC)ccc21. The van der Waals surface area contributed by atoms with E-state index in [2.05, 4.69) is 5.32 Å². The highest BCUT2D eigenvalue weighted by molar-refractivity contribution is 5.81. The molecule has 1 N–H and O–H groups in total. The van der Waals surface area contributed by atoms with Gasteiger partial charge in [-0.2, -0.15) is 0 Å². The first-order valence-corrected chi connectivity index (χ1v) is 9.31. The molecule has 0 radical (unpaired) electrons. The Balaban J connectivity index is 1.78. The van der Waals surface area contributed by atoms with Gasteiger partial charge in [0.2, 0.25) is 0 Å². The molecule has 0 bridgehead atoms. The van der Waals surface area contributed by atoms with Crippen LogP contribution in [0.15, 0.2) is 48.5 Å². The number of hydrogen-bond donors (Lipinski definition) is 1. The van der Waals surface area contributed by atoms with Crippen LogP contribution in [0.2, 0.25) is 0 Å². The number of para-hydroxylation sites is 1. The second-order valence-electron chi connectivity index (χ2n) is 7.36. The molecule has 0 unspecified atom stereocenters. The molecule has 1 aliphatic rings. The second-order valence-corrected chi connectivity index (χ2v) is 7.36. The van der Waals surface area contributed by atoms with E-state index in [1.165, 1.54) is 0 Å². The molecule has 2 aromatic rings. The predicted molar refractivity (Wildman–Crippen MR) is 104 cm³/mol. The fraction of sp³-hybridized carbons (Fsp3) is 0.409. The summed E-state index contributed by atoms with van der Waals surface area (Å²) in [5.74, 6) is 2.05. The lowest BCUT2D eigenvalue weighted by Gasteiger charge is -2.38. The van der Waals surface area contributed by atoms with Gasteiger partial charge in [0.1, 0.15) is 22.8 Å². The smallest absolute Gasteiger partial charge is 0.261 e. The van der Waals surface area contributed by atoms with E-state index in [-0.39, 0.29) is 17.6 Å². The highest BCUT2D eigenvalue weighted by atomic mass is 16.5. The fourth-order valence-electron chi connectivity index (χ4n) is 3.34. The van der Waals surface area contributed by atoms with Gasteiger partial charge in [0.25, 0.3) is 5.91 Å². The van der Waals surface area contributed by atoms with Crippen LogP contribution in [0.5, 0.6) is 17.2 Å². The average molecular weight is 369 g/mol. The minimum atomic E-state index is -0.542. The summed E-state index contributed by atoms with van der Waals surface area (Å²) in [6, 6.07) is 15.0. The molecular formula is C22H27NO4. The topological polar surface area (TPSA) is 56.8 Å². The molecule has 5 nitrogen and oxygen atoms in total. The fourth-order valence-corrected chi connectivity index (χ4v) is 3.34. The predicted octanol–water partition coefficient (Wildman–Crippen LogP) is 4.27. The van der Waals surface area contributed by atoms with Crippen LogP contribution < -0.4 is 19.5 Å². The first-order valence-electron chi connectivity index (χ1n) is 9.31. The molecule has 27 heavy (non-hydrogen) atoms. The number of rotatable bonds is 6. The highest BCUT2D eigenvalue weighted by Gasteiger charge is 2.36. The molecule has 1 aliphatic heterocycles. The third-order valence-electron chi connectivity index (χ3n) is 4.68. The molecule has 3 rings (SSSR count). The lowest BCUT2D eigenvalue weighted by Crippen LogP contribution is -2.45. The molecule has 0 spiro atoms. The van der Waals surface area contributed by atoms with E-state index < -0.39 is 6.10 Å². The molecule has 0 saturated carbocycles. The van der Waals surface area contributed by atoms with Crippen LogP contribution in [0.25, 0.3) is 0 Å². The minimum Gasteiger partial charge on any atom is -0.497 e. The number of nitrogens with one attached hydrogen (secondary N) is 1. The zero-order chi connectivity index (χ0) is 19.4. The van der Waals surface area contributed by atoms with Crippen molar-refractivity contribution in [3.63, 3.8) is 0 Å². The monoisotopic (exact) mass is 369 g/mol. The Labute approximate surface area is 160 Å². The highest BCUT2D eigenvalue weighted by Crippen LogP contribution is 2.41. The Hall–Kier alpha value is -2.69. The summed E-state index contributed by atoms with van der Waals surface area (Å²) < 4.78 is 17.3. The number of ether oxygens (including phenoxy) is 3. The van der Waals surface area contributed by atoms with E-state index in [9.17, 15) is 4.79 Å². The van der Waals surface area contributed by atoms with Crippen molar-refractivity contribution in [2.45, 2.75) is 51.4 Å². The van der Waals surface area contributed by atoms with Gasteiger partial charge in [-0.05, 0) is 44.5 Å². The van der Waals surface area contributed by atoms with Crippen molar-refractivity contribution in [2.75, 3.05) is 7.11 Å². The average Bonchev–Trinajstić information content (AvgIpc) is 2.65. The van der Waals surface area contributed by atoms with Crippen molar-refractivity contribution >= 4 is 5.91 Å². The number of hydrogen-bond acceptors (Lipinski definition) is 4. The Kier molecular flexibility index (Phi) is 5.59. The van der Waals surface area contributed by atoms with E-state index in [0.29, 0.717) is 18.6 Å². The molecule has 1 heterocycles. The Morgan fingerprint density at radius 1 is 1.22 bits per heavy atom. The maximum Gasteiger partial charge on any atom is 0.261 e. The number of carbonyl (C=O) groups is 1. The van der Waals surface area contributed by atoms with Crippen LogP contribution in [0.4, 0.5) is 0 Å². The molecule has 144 valence electrons. The zero-order valence-electron chi connectivity index (χ0n) is 16.3. The van der Waals surface area contributed by atoms with E-state index >= 15 is 0 Å². The number of benzene rings is 2. The summed E-state index contributed by atoms with van der Waals surface area (Å²) in [6.07, 6.45) is 0.725. The Bertz CT molecular complexity index is 788. The maximum atomic E-state index is 12.9. The van der Waals surface area contributed by atoms with Gasteiger partial charge in [0.15, 0.2) is 6.10 Å². The molecule has 0 fully saturated rings. The molecule has 0 aliphatic carbocycles. The molecule has 2 aromatic carbocycles. The van der Waals surface area contributed by atoms with Gasteiger partial charge >= 0.3 is 0 Å². The van der Waals surface area contributed by atoms with Gasteiger partial charge in [0.05, 0.1) is 13.2 Å². The van der Waals surface area contributed by atoms with Gasteiger partial charge in [-0.25, -0.2) is 0 Å². The zero-order valence-corrected chi connectivity index (χ0v) is 16.3. The Morgan fingerprint density at radius 3 is 2.63 bits per heavy atom. The number of amides is 1. The molecule has 0 aromatic heterocycles. The molecule has 1 amide bonds. The van der Waals surface area contributed by atoms with E-state index in [1.54, 1.807) is 7.11 Å². The first-order chi connectivity index (χ1) is 12.9. The van der Waals surface area contributed by atoms with Crippen LogP contribution in [0, 0.1) is 0 Å². The maximum absolute atomic E-state index is 12.9. The summed E-state index contributed by atoms with van der Waals surface area (Å²) in [6.45, 7) is 5.98. The third-order valence-corrected chi connectivity index (χ3v) is 4.68. The third kappa shape index (κ3) is 4.54. The van der Waals surface area contributed by atoms with E-state index in [4.69, 9.17) is 14.2 Å². The first kappa shape index (κ1) is 19.1. The second kappa shape index (κ2) is 7.91. The quantitative estimate of drug-likeness (QED) is 0.826. The summed E-state index contributed by atoms with van der Waals surface area (Å²) in [5.41, 5.74) is 0.567. The Morgan fingerprint density at radius 2 is 1.96 bits per heavy atom. The minimum absolute atomic E-state index is 0.120. The summed E-state index contributed by atoms with van der Waals surface area (Å²) in [5, 5.41) is 3.15. The molecule has 0 saturated heterocycles. The lowest BCUT2D eigenvalue weighted by atomic mass is 9.89. The van der Waals surface area contributed by atoms with Gasteiger partial charge in [-0.3, -0.25) is 4.79 Å². The van der Waals surface area contributed by atoms with Gasteiger partial charge in [0, 0.05) is 18.1 Å². The van der Waals surface area contributed by atoms with Crippen molar-refractivity contribution in [3.8, 4) is 17.2 Å². The van der Waals surface area contributed by atoms with Gasteiger partial charge < -0.3 is 19.5 Å². The standard InChI is InChI=1S/C22H27NO4/c1-5-19(26-15-9-7-6-8-10-15)21(24)23-18-14-22(2,3)27-20-13-16(25-4)11-12-17(18)20/h6-13,18-19H,5,14H2,1-4H3,(H,23,24)/t18-,19+/m1/s1. The normalized spacial score (nSPS) is 18.6. The molecular weight excluding hydrogens is 342 g/mol. The van der Waals surface area contributed by atoms with Crippen molar-refractivity contribution in [3.05, 3.63) is 54.1 Å². The number of fused-ring (bicyclic) bond motifs is 1.